The van der Waals surface area contributed by atoms with Crippen molar-refractivity contribution in [1.29, 1.82) is 0 Å². The lowest BCUT2D eigenvalue weighted by Crippen LogP contribution is -2.25. The van der Waals surface area contributed by atoms with Gasteiger partial charge in [0, 0.05) is 18.7 Å². The number of hydrogen-bond donors (Lipinski definition) is 4. The predicted octanol–water partition coefficient (Wildman–Crippen LogP) is 1.98. The summed E-state index contributed by atoms with van der Waals surface area (Å²) in [5, 5.41) is 15.8. The van der Waals surface area contributed by atoms with E-state index in [1.54, 1.807) is 12.1 Å². The molecule has 2 unspecified atom stereocenters. The van der Waals surface area contributed by atoms with Gasteiger partial charge < -0.3 is 21.5 Å². The molecule has 1 fully saturated rings. The van der Waals surface area contributed by atoms with E-state index in [9.17, 15) is 9.90 Å². The second-order valence-electron chi connectivity index (χ2n) is 5.73. The van der Waals surface area contributed by atoms with Gasteiger partial charge in [-0.25, -0.2) is 0 Å². The standard InChI is InChI=1S/C16H25N3O2/c1-2-18-16(21)12-6-7-15(14(17)9-12)19-10-11-4-3-5-13(20)8-11/h6-7,9,11,13,19-20H,2-5,8,10,17H2,1H3,(H,18,21). The maximum absolute atomic E-state index is 11.7. The zero-order valence-electron chi connectivity index (χ0n) is 12.6. The van der Waals surface area contributed by atoms with Gasteiger partial charge in [-0.1, -0.05) is 6.42 Å². The van der Waals surface area contributed by atoms with Crippen LogP contribution in [-0.2, 0) is 0 Å². The van der Waals surface area contributed by atoms with Crippen LogP contribution >= 0.6 is 0 Å². The molecule has 0 saturated heterocycles. The third kappa shape index (κ3) is 4.36. The van der Waals surface area contributed by atoms with Crippen molar-refractivity contribution in [2.45, 2.75) is 38.7 Å². The number of carbonyl (C=O) groups is 1. The number of rotatable bonds is 5. The van der Waals surface area contributed by atoms with Crippen molar-refractivity contribution in [3.63, 3.8) is 0 Å². The van der Waals surface area contributed by atoms with E-state index in [4.69, 9.17) is 5.73 Å². The fourth-order valence-corrected chi connectivity index (χ4v) is 2.83. The SMILES string of the molecule is CCNC(=O)c1ccc(NCC2CCCC(O)C2)c(N)c1. The maximum atomic E-state index is 11.7. The van der Waals surface area contributed by atoms with Crippen LogP contribution in [0, 0.1) is 5.92 Å². The highest BCUT2D eigenvalue weighted by Crippen LogP contribution is 2.26. The van der Waals surface area contributed by atoms with Crippen LogP contribution in [0.1, 0.15) is 43.0 Å². The van der Waals surface area contributed by atoms with Gasteiger partial charge in [-0.3, -0.25) is 4.79 Å². The van der Waals surface area contributed by atoms with Crippen LogP contribution in [-0.4, -0.2) is 30.2 Å². The molecule has 2 rings (SSSR count). The van der Waals surface area contributed by atoms with E-state index >= 15 is 0 Å². The summed E-state index contributed by atoms with van der Waals surface area (Å²) in [5.41, 5.74) is 8.01. The minimum atomic E-state index is -0.164. The minimum absolute atomic E-state index is 0.105. The average Bonchev–Trinajstić information content (AvgIpc) is 2.46. The van der Waals surface area contributed by atoms with E-state index in [1.165, 1.54) is 0 Å². The van der Waals surface area contributed by atoms with Crippen molar-refractivity contribution < 1.29 is 9.90 Å². The van der Waals surface area contributed by atoms with Gasteiger partial charge in [-0.05, 0) is 50.3 Å². The van der Waals surface area contributed by atoms with Crippen LogP contribution in [0.4, 0.5) is 11.4 Å². The van der Waals surface area contributed by atoms with E-state index in [0.717, 1.165) is 37.9 Å². The fraction of sp³-hybridized carbons (Fsp3) is 0.562. The van der Waals surface area contributed by atoms with Crippen LogP contribution in [0.3, 0.4) is 0 Å². The van der Waals surface area contributed by atoms with Gasteiger partial charge in [0.25, 0.3) is 5.91 Å². The molecule has 1 aliphatic rings. The molecule has 1 saturated carbocycles. The van der Waals surface area contributed by atoms with Gasteiger partial charge in [-0.15, -0.1) is 0 Å². The minimum Gasteiger partial charge on any atom is -0.397 e. The van der Waals surface area contributed by atoms with Gasteiger partial charge in [0.1, 0.15) is 0 Å². The summed E-state index contributed by atoms with van der Waals surface area (Å²) < 4.78 is 0. The first kappa shape index (κ1) is 15.6. The van der Waals surface area contributed by atoms with E-state index < -0.39 is 0 Å². The fourth-order valence-electron chi connectivity index (χ4n) is 2.83. The van der Waals surface area contributed by atoms with Crippen LogP contribution < -0.4 is 16.4 Å². The van der Waals surface area contributed by atoms with E-state index in [1.807, 2.05) is 13.0 Å². The molecule has 0 aromatic heterocycles. The number of nitrogen functional groups attached to an aromatic ring is 1. The second-order valence-corrected chi connectivity index (χ2v) is 5.73. The molecule has 5 nitrogen and oxygen atoms in total. The maximum Gasteiger partial charge on any atom is 0.251 e. The Morgan fingerprint density at radius 2 is 2.24 bits per heavy atom. The van der Waals surface area contributed by atoms with Gasteiger partial charge in [0.05, 0.1) is 17.5 Å². The molecule has 0 heterocycles. The Morgan fingerprint density at radius 1 is 1.43 bits per heavy atom. The van der Waals surface area contributed by atoms with Crippen molar-refractivity contribution in [2.75, 3.05) is 24.1 Å². The van der Waals surface area contributed by atoms with Gasteiger partial charge in [0.15, 0.2) is 0 Å². The second kappa shape index (κ2) is 7.31. The number of amides is 1. The number of aliphatic hydroxyl groups is 1. The summed E-state index contributed by atoms with van der Waals surface area (Å²) in [7, 11) is 0. The third-order valence-corrected chi connectivity index (χ3v) is 3.99. The molecule has 0 bridgehead atoms. The van der Waals surface area contributed by atoms with Crippen molar-refractivity contribution >= 4 is 17.3 Å². The quantitative estimate of drug-likeness (QED) is 0.625. The summed E-state index contributed by atoms with van der Waals surface area (Å²) in [6.45, 7) is 3.29. The Morgan fingerprint density at radius 3 is 2.90 bits per heavy atom. The summed E-state index contributed by atoms with van der Waals surface area (Å²) in [4.78, 5) is 11.7. The average molecular weight is 291 g/mol. The van der Waals surface area contributed by atoms with Crippen LogP contribution in [0.5, 0.6) is 0 Å². The lowest BCUT2D eigenvalue weighted by molar-refractivity contribution is 0.0955. The monoisotopic (exact) mass is 291 g/mol. The molecule has 21 heavy (non-hydrogen) atoms. The molecular formula is C16H25N3O2. The highest BCUT2D eigenvalue weighted by atomic mass is 16.3. The number of aliphatic hydroxyl groups excluding tert-OH is 1. The van der Waals surface area contributed by atoms with Crippen molar-refractivity contribution in [3.8, 4) is 0 Å². The molecule has 0 radical (unpaired) electrons. The summed E-state index contributed by atoms with van der Waals surface area (Å²) in [6, 6.07) is 5.32. The lowest BCUT2D eigenvalue weighted by atomic mass is 9.87. The molecule has 0 aliphatic heterocycles. The normalized spacial score (nSPS) is 21.8. The molecule has 0 spiro atoms. The Kier molecular flexibility index (Phi) is 5.44. The third-order valence-electron chi connectivity index (χ3n) is 3.99. The summed E-state index contributed by atoms with van der Waals surface area (Å²) >= 11 is 0. The summed E-state index contributed by atoms with van der Waals surface area (Å²) in [6.07, 6.45) is 3.83. The van der Waals surface area contributed by atoms with E-state index in [2.05, 4.69) is 10.6 Å². The molecule has 5 heteroatoms. The molecule has 116 valence electrons. The van der Waals surface area contributed by atoms with Gasteiger partial charge in [0.2, 0.25) is 0 Å². The predicted molar refractivity (Wildman–Crippen MR) is 85.3 cm³/mol. The molecule has 1 aromatic carbocycles. The van der Waals surface area contributed by atoms with E-state index in [-0.39, 0.29) is 12.0 Å². The molecule has 5 N–H and O–H groups in total. The van der Waals surface area contributed by atoms with Crippen molar-refractivity contribution in [2.24, 2.45) is 5.92 Å². The number of anilines is 2. The van der Waals surface area contributed by atoms with Crippen LogP contribution in [0.25, 0.3) is 0 Å². The Hall–Kier alpha value is -1.75. The number of nitrogens with two attached hydrogens (primary N) is 1. The molecule has 1 aromatic rings. The lowest BCUT2D eigenvalue weighted by Gasteiger charge is -2.26. The van der Waals surface area contributed by atoms with Gasteiger partial charge >= 0.3 is 0 Å². The molecule has 1 amide bonds. The zero-order valence-corrected chi connectivity index (χ0v) is 12.6. The Bertz CT molecular complexity index is 490. The first-order valence-corrected chi connectivity index (χ1v) is 7.69. The number of benzene rings is 1. The highest BCUT2D eigenvalue weighted by Gasteiger charge is 2.20. The van der Waals surface area contributed by atoms with Crippen molar-refractivity contribution in [1.82, 2.24) is 5.32 Å². The Balaban J connectivity index is 1.93. The van der Waals surface area contributed by atoms with Crippen LogP contribution in [0.2, 0.25) is 0 Å². The van der Waals surface area contributed by atoms with Crippen molar-refractivity contribution in [3.05, 3.63) is 23.8 Å². The smallest absolute Gasteiger partial charge is 0.251 e. The molecular weight excluding hydrogens is 266 g/mol. The van der Waals surface area contributed by atoms with E-state index in [0.29, 0.717) is 23.7 Å². The number of carbonyl (C=O) groups excluding carboxylic acids is 1. The number of hydrogen-bond acceptors (Lipinski definition) is 4. The van der Waals surface area contributed by atoms with Gasteiger partial charge in [-0.2, -0.15) is 0 Å². The molecule has 2 atom stereocenters. The largest absolute Gasteiger partial charge is 0.397 e. The summed E-state index contributed by atoms with van der Waals surface area (Å²) in [5.74, 6) is 0.377. The highest BCUT2D eigenvalue weighted by molar-refractivity contribution is 5.96. The zero-order chi connectivity index (χ0) is 15.2. The van der Waals surface area contributed by atoms with Crippen LogP contribution in [0.15, 0.2) is 18.2 Å². The Labute approximate surface area is 125 Å². The topological polar surface area (TPSA) is 87.4 Å². The first-order chi connectivity index (χ1) is 10.1. The molecule has 1 aliphatic carbocycles. The number of nitrogens with one attached hydrogen (secondary N) is 2. The first-order valence-electron chi connectivity index (χ1n) is 7.69.